The van der Waals surface area contributed by atoms with Gasteiger partial charge in [-0.2, -0.15) is 5.26 Å². The van der Waals surface area contributed by atoms with Gasteiger partial charge in [-0.15, -0.1) is 0 Å². The van der Waals surface area contributed by atoms with Crippen LogP contribution in [0.15, 0.2) is 60.7 Å². The Hall–Kier alpha value is -2.87. The molecule has 136 valence electrons. The van der Waals surface area contributed by atoms with Gasteiger partial charge in [0.1, 0.15) is 29.6 Å². The van der Waals surface area contributed by atoms with E-state index in [4.69, 9.17) is 42.7 Å². The summed E-state index contributed by atoms with van der Waals surface area (Å²) in [7, 11) is 1.62. The van der Waals surface area contributed by atoms with Gasteiger partial charge < -0.3 is 14.2 Å². The molecule has 0 bridgehead atoms. The van der Waals surface area contributed by atoms with Crippen molar-refractivity contribution in [1.29, 1.82) is 5.26 Å². The molecule has 0 heterocycles. The minimum Gasteiger partial charge on any atom is -0.497 e. The van der Waals surface area contributed by atoms with Crippen LogP contribution < -0.4 is 14.2 Å². The predicted molar refractivity (Wildman–Crippen MR) is 105 cm³/mol. The van der Waals surface area contributed by atoms with Gasteiger partial charge in [0.25, 0.3) is 0 Å². The van der Waals surface area contributed by atoms with Crippen LogP contribution in [0.4, 0.5) is 0 Å². The van der Waals surface area contributed by atoms with Crippen molar-refractivity contribution in [2.24, 2.45) is 0 Å². The zero-order valence-electron chi connectivity index (χ0n) is 14.4. The fourth-order valence-electron chi connectivity index (χ4n) is 2.39. The fourth-order valence-corrected chi connectivity index (χ4v) is 2.77. The topological polar surface area (TPSA) is 51.5 Å². The van der Waals surface area contributed by atoms with E-state index in [2.05, 4.69) is 0 Å². The van der Waals surface area contributed by atoms with Crippen LogP contribution in [0.5, 0.6) is 23.0 Å². The summed E-state index contributed by atoms with van der Waals surface area (Å²) < 4.78 is 16.8. The molecular weight excluding hydrogens is 385 g/mol. The summed E-state index contributed by atoms with van der Waals surface area (Å²) in [6.45, 7) is 0.369. The Kier molecular flexibility index (Phi) is 6.08. The highest BCUT2D eigenvalue weighted by Gasteiger charge is 2.08. The van der Waals surface area contributed by atoms with Crippen LogP contribution in [0, 0.1) is 11.3 Å². The Morgan fingerprint density at radius 3 is 2.56 bits per heavy atom. The highest BCUT2D eigenvalue weighted by atomic mass is 35.5. The molecule has 0 radical (unpaired) electrons. The number of rotatable bonds is 6. The highest BCUT2D eigenvalue weighted by molar-refractivity contribution is 6.32. The lowest BCUT2D eigenvalue weighted by Gasteiger charge is -2.12. The maximum Gasteiger partial charge on any atom is 0.149 e. The van der Waals surface area contributed by atoms with Crippen molar-refractivity contribution in [1.82, 2.24) is 0 Å². The van der Waals surface area contributed by atoms with Crippen LogP contribution in [0.1, 0.15) is 11.1 Å². The van der Waals surface area contributed by atoms with Crippen molar-refractivity contribution >= 4 is 23.2 Å². The minimum atomic E-state index is 0.369. The van der Waals surface area contributed by atoms with E-state index in [9.17, 15) is 0 Å². The van der Waals surface area contributed by atoms with E-state index in [0.29, 0.717) is 39.5 Å². The van der Waals surface area contributed by atoms with Gasteiger partial charge in [-0.25, -0.2) is 0 Å². The molecular formula is C21H15Cl2NO3. The van der Waals surface area contributed by atoms with Crippen LogP contribution >= 0.6 is 23.2 Å². The van der Waals surface area contributed by atoms with E-state index in [1.165, 1.54) is 0 Å². The van der Waals surface area contributed by atoms with Crippen molar-refractivity contribution < 1.29 is 14.2 Å². The van der Waals surface area contributed by atoms with E-state index < -0.39 is 0 Å². The van der Waals surface area contributed by atoms with Crippen molar-refractivity contribution in [2.45, 2.75) is 6.61 Å². The quantitative estimate of drug-likeness (QED) is 0.491. The first kappa shape index (κ1) is 18.9. The molecule has 4 nitrogen and oxygen atoms in total. The Morgan fingerprint density at radius 2 is 1.78 bits per heavy atom. The predicted octanol–water partition coefficient (Wildman–Crippen LogP) is 6.24. The van der Waals surface area contributed by atoms with Crippen molar-refractivity contribution in [3.05, 3.63) is 81.8 Å². The van der Waals surface area contributed by atoms with Crippen LogP contribution in [-0.4, -0.2) is 7.11 Å². The highest BCUT2D eigenvalue weighted by Crippen LogP contribution is 2.34. The second kappa shape index (κ2) is 8.68. The second-order valence-corrected chi connectivity index (χ2v) is 6.47. The van der Waals surface area contributed by atoms with E-state index in [1.807, 2.05) is 30.3 Å². The van der Waals surface area contributed by atoms with Gasteiger partial charge in [0, 0.05) is 11.1 Å². The van der Waals surface area contributed by atoms with Gasteiger partial charge in [-0.1, -0.05) is 35.3 Å². The third-order valence-corrected chi connectivity index (χ3v) is 4.20. The number of hydrogen-bond donors (Lipinski definition) is 0. The maximum atomic E-state index is 9.05. The maximum absolute atomic E-state index is 9.05. The SMILES string of the molecule is COc1cccc(COc2ccc(Cl)c(Oc3cc(Cl)cc(C#N)c3)c2)c1. The summed E-state index contributed by atoms with van der Waals surface area (Å²) in [6, 6.07) is 19.6. The molecule has 3 aromatic rings. The Bertz CT molecular complexity index is 999. The molecule has 0 N–H and O–H groups in total. The molecule has 0 amide bonds. The number of nitrogens with zero attached hydrogens (tertiary/aromatic N) is 1. The minimum absolute atomic E-state index is 0.369. The lowest BCUT2D eigenvalue weighted by molar-refractivity contribution is 0.303. The number of ether oxygens (including phenoxy) is 3. The average Bonchev–Trinajstić information content (AvgIpc) is 2.68. The molecule has 0 spiro atoms. The molecule has 3 rings (SSSR count). The zero-order valence-corrected chi connectivity index (χ0v) is 15.9. The van der Waals surface area contributed by atoms with E-state index >= 15 is 0 Å². The first-order valence-electron chi connectivity index (χ1n) is 8.01. The molecule has 0 unspecified atom stereocenters. The largest absolute Gasteiger partial charge is 0.497 e. The number of hydrogen-bond acceptors (Lipinski definition) is 4. The van der Waals surface area contributed by atoms with Crippen LogP contribution in [0.2, 0.25) is 10.0 Å². The summed E-state index contributed by atoms with van der Waals surface area (Å²) in [5.74, 6) is 2.20. The van der Waals surface area contributed by atoms with Crippen molar-refractivity contribution in [3.63, 3.8) is 0 Å². The van der Waals surface area contributed by atoms with Crippen molar-refractivity contribution in [3.8, 4) is 29.1 Å². The average molecular weight is 400 g/mol. The standard InChI is InChI=1S/C21H15Cl2NO3/c1-25-17-4-2-3-14(8-17)13-26-18-5-6-20(23)21(11-18)27-19-9-15(12-24)7-16(22)10-19/h2-11H,13H2,1H3. The first-order chi connectivity index (χ1) is 13.1. The van der Waals surface area contributed by atoms with Gasteiger partial charge in [-0.05, 0) is 48.0 Å². The van der Waals surface area contributed by atoms with Gasteiger partial charge in [-0.3, -0.25) is 0 Å². The zero-order chi connectivity index (χ0) is 19.2. The Morgan fingerprint density at radius 1 is 0.926 bits per heavy atom. The molecule has 0 saturated heterocycles. The lowest BCUT2D eigenvalue weighted by atomic mass is 10.2. The molecule has 0 fully saturated rings. The Labute approximate surface area is 167 Å². The summed E-state index contributed by atoms with van der Waals surface area (Å²) in [6.07, 6.45) is 0. The van der Waals surface area contributed by atoms with E-state index in [-0.39, 0.29) is 0 Å². The van der Waals surface area contributed by atoms with Crippen LogP contribution in [0.25, 0.3) is 0 Å². The number of benzene rings is 3. The lowest BCUT2D eigenvalue weighted by Crippen LogP contribution is -1.96. The molecule has 0 aromatic heterocycles. The monoisotopic (exact) mass is 399 g/mol. The van der Waals surface area contributed by atoms with Gasteiger partial charge >= 0.3 is 0 Å². The van der Waals surface area contributed by atoms with Crippen molar-refractivity contribution in [2.75, 3.05) is 7.11 Å². The number of methoxy groups -OCH3 is 1. The van der Waals surface area contributed by atoms with E-state index in [0.717, 1.165) is 11.3 Å². The third-order valence-electron chi connectivity index (χ3n) is 3.67. The Balaban J connectivity index is 1.76. The summed E-state index contributed by atoms with van der Waals surface area (Å²) >= 11 is 12.2. The second-order valence-electron chi connectivity index (χ2n) is 5.62. The van der Waals surface area contributed by atoms with E-state index in [1.54, 1.807) is 43.5 Å². The summed E-state index contributed by atoms with van der Waals surface area (Å²) in [5, 5.41) is 9.87. The van der Waals surface area contributed by atoms with Gasteiger partial charge in [0.2, 0.25) is 0 Å². The molecule has 0 atom stereocenters. The van der Waals surface area contributed by atoms with Gasteiger partial charge in [0.15, 0.2) is 0 Å². The molecule has 0 aliphatic rings. The van der Waals surface area contributed by atoms with Gasteiger partial charge in [0.05, 0.1) is 23.8 Å². The third kappa shape index (κ3) is 5.07. The summed E-state index contributed by atoms with van der Waals surface area (Å²) in [5.41, 5.74) is 1.37. The fraction of sp³-hybridized carbons (Fsp3) is 0.0952. The smallest absolute Gasteiger partial charge is 0.149 e. The molecule has 27 heavy (non-hydrogen) atoms. The molecule has 0 aliphatic heterocycles. The molecule has 0 aliphatic carbocycles. The molecule has 3 aromatic carbocycles. The summed E-state index contributed by atoms with van der Waals surface area (Å²) in [4.78, 5) is 0. The van der Waals surface area contributed by atoms with Crippen LogP contribution in [0.3, 0.4) is 0 Å². The molecule has 6 heteroatoms. The first-order valence-corrected chi connectivity index (χ1v) is 8.77. The number of halogens is 2. The molecule has 0 saturated carbocycles. The number of nitriles is 1. The normalized spacial score (nSPS) is 10.1. The van der Waals surface area contributed by atoms with Crippen LogP contribution in [-0.2, 0) is 6.61 Å².